The van der Waals surface area contributed by atoms with Gasteiger partial charge in [0, 0.05) is 25.6 Å². The van der Waals surface area contributed by atoms with Gasteiger partial charge in [-0.25, -0.2) is 0 Å². The van der Waals surface area contributed by atoms with Crippen LogP contribution in [0, 0.1) is 6.92 Å². The average molecular weight is 357 g/mol. The molecule has 26 heavy (non-hydrogen) atoms. The lowest BCUT2D eigenvalue weighted by molar-refractivity contribution is -0.143. The number of carboxylic acids is 1. The summed E-state index contributed by atoms with van der Waals surface area (Å²) in [6.07, 6.45) is 1.57. The van der Waals surface area contributed by atoms with Crippen molar-refractivity contribution in [2.45, 2.75) is 44.8 Å². The number of rotatable bonds is 7. The van der Waals surface area contributed by atoms with Gasteiger partial charge in [-0.15, -0.1) is 0 Å². The molecule has 2 aromatic rings. The van der Waals surface area contributed by atoms with E-state index >= 15 is 0 Å². The molecule has 1 aromatic heterocycles. The number of amides is 1. The maximum Gasteiger partial charge on any atom is 0.320 e. The Morgan fingerprint density at radius 2 is 2.00 bits per heavy atom. The number of nitrogens with zero attached hydrogens (tertiary/aromatic N) is 2. The summed E-state index contributed by atoms with van der Waals surface area (Å²) in [5.41, 5.74) is 1.80. The molecule has 2 N–H and O–H groups in total. The van der Waals surface area contributed by atoms with Gasteiger partial charge in [-0.05, 0) is 25.3 Å². The number of aliphatic carboxylic acids is 1. The Hall–Kier alpha value is -2.67. The number of hydrogen-bond acceptors (Lipinski definition) is 5. The normalized spacial score (nSPS) is 20.2. The molecule has 1 aliphatic heterocycles. The highest BCUT2D eigenvalue weighted by Crippen LogP contribution is 2.27. The van der Waals surface area contributed by atoms with Crippen LogP contribution in [0.15, 0.2) is 40.9 Å². The topological polar surface area (TPSA) is 95.7 Å². The van der Waals surface area contributed by atoms with Crippen LogP contribution in [0.2, 0.25) is 0 Å². The molecule has 0 radical (unpaired) electrons. The zero-order valence-electron chi connectivity index (χ0n) is 14.7. The van der Waals surface area contributed by atoms with Gasteiger partial charge >= 0.3 is 5.97 Å². The molecular weight excluding hydrogens is 334 g/mol. The van der Waals surface area contributed by atoms with Crippen LogP contribution in [0.25, 0.3) is 0 Å². The lowest BCUT2D eigenvalue weighted by Gasteiger charge is -2.27. The van der Waals surface area contributed by atoms with Crippen molar-refractivity contribution >= 4 is 11.9 Å². The molecule has 0 aliphatic carbocycles. The first-order valence-electron chi connectivity index (χ1n) is 8.77. The summed E-state index contributed by atoms with van der Waals surface area (Å²) >= 11 is 0. The highest BCUT2D eigenvalue weighted by atomic mass is 16.5. The highest BCUT2D eigenvalue weighted by molar-refractivity contribution is 5.84. The third kappa shape index (κ3) is 4.29. The monoisotopic (exact) mass is 357 g/mol. The summed E-state index contributed by atoms with van der Waals surface area (Å²) in [6, 6.07) is 10.4. The van der Waals surface area contributed by atoms with Gasteiger partial charge in [0.05, 0.1) is 11.7 Å². The van der Waals surface area contributed by atoms with E-state index < -0.39 is 18.1 Å². The molecule has 1 fully saturated rings. The second-order valence-corrected chi connectivity index (χ2v) is 6.58. The number of hydrogen-bond donors (Lipinski definition) is 2. The summed E-state index contributed by atoms with van der Waals surface area (Å²) in [7, 11) is 0. The molecule has 0 bridgehead atoms. The lowest BCUT2D eigenvalue weighted by atomic mass is 10.1. The number of aromatic nitrogens is 1. The molecule has 0 spiro atoms. The number of benzene rings is 1. The van der Waals surface area contributed by atoms with E-state index in [1.165, 1.54) is 0 Å². The van der Waals surface area contributed by atoms with Crippen molar-refractivity contribution in [2.75, 3.05) is 6.54 Å². The maximum atomic E-state index is 12.6. The molecule has 3 rings (SSSR count). The van der Waals surface area contributed by atoms with E-state index in [4.69, 9.17) is 4.52 Å². The smallest absolute Gasteiger partial charge is 0.320 e. The highest BCUT2D eigenvalue weighted by Gasteiger charge is 2.41. The summed E-state index contributed by atoms with van der Waals surface area (Å²) < 4.78 is 5.13. The number of nitrogens with one attached hydrogen (secondary N) is 1. The van der Waals surface area contributed by atoms with Crippen LogP contribution in [0.1, 0.15) is 29.9 Å². The van der Waals surface area contributed by atoms with E-state index in [1.807, 2.05) is 43.3 Å². The lowest BCUT2D eigenvalue weighted by Crippen LogP contribution is -2.48. The third-order valence-electron chi connectivity index (χ3n) is 4.66. The van der Waals surface area contributed by atoms with Gasteiger partial charge in [-0.1, -0.05) is 35.5 Å². The van der Waals surface area contributed by atoms with Crippen LogP contribution in [0.5, 0.6) is 0 Å². The van der Waals surface area contributed by atoms with Crippen LogP contribution in [-0.4, -0.2) is 45.7 Å². The Bertz CT molecular complexity index is 759. The first-order chi connectivity index (χ1) is 12.5. The fraction of sp³-hybridized carbons (Fsp3) is 0.421. The molecule has 7 heteroatoms. The molecule has 2 heterocycles. The predicted octanol–water partition coefficient (Wildman–Crippen LogP) is 1.76. The van der Waals surface area contributed by atoms with Crippen LogP contribution in [-0.2, 0) is 22.6 Å². The molecular formula is C19H23N3O4. The summed E-state index contributed by atoms with van der Waals surface area (Å²) in [5.74, 6) is -0.298. The first kappa shape index (κ1) is 18.1. The Balaban J connectivity index is 1.62. The summed E-state index contributed by atoms with van der Waals surface area (Å²) in [4.78, 5) is 26.0. The van der Waals surface area contributed by atoms with Gasteiger partial charge in [0.15, 0.2) is 0 Å². The Kier molecular flexibility index (Phi) is 5.68. The molecule has 2 atom stereocenters. The second-order valence-electron chi connectivity index (χ2n) is 6.58. The second kappa shape index (κ2) is 8.14. The summed E-state index contributed by atoms with van der Waals surface area (Å²) in [6.45, 7) is 2.72. The van der Waals surface area contributed by atoms with Gasteiger partial charge in [0.2, 0.25) is 5.91 Å². The Morgan fingerprint density at radius 3 is 2.65 bits per heavy atom. The molecule has 1 aliphatic rings. The van der Waals surface area contributed by atoms with Gasteiger partial charge in [0.1, 0.15) is 11.8 Å². The van der Waals surface area contributed by atoms with E-state index in [0.717, 1.165) is 17.0 Å². The van der Waals surface area contributed by atoms with Crippen LogP contribution >= 0.6 is 0 Å². The number of carbonyl (C=O) groups is 2. The van der Waals surface area contributed by atoms with Gasteiger partial charge in [-0.2, -0.15) is 0 Å². The van der Waals surface area contributed by atoms with Gasteiger partial charge in [-0.3, -0.25) is 14.5 Å². The fourth-order valence-corrected chi connectivity index (χ4v) is 3.39. The van der Waals surface area contributed by atoms with E-state index in [1.54, 1.807) is 4.90 Å². The molecule has 1 saturated heterocycles. The minimum absolute atomic E-state index is 0.138. The molecule has 7 nitrogen and oxygen atoms in total. The van der Waals surface area contributed by atoms with Crippen molar-refractivity contribution in [2.24, 2.45) is 0 Å². The van der Waals surface area contributed by atoms with Crippen LogP contribution < -0.4 is 5.32 Å². The van der Waals surface area contributed by atoms with Gasteiger partial charge in [0.25, 0.3) is 0 Å². The summed E-state index contributed by atoms with van der Waals surface area (Å²) in [5, 5.41) is 16.2. The third-order valence-corrected chi connectivity index (χ3v) is 4.66. The standard InChI is InChI=1S/C19H23N3O4/c1-13-11-15(26-21-13)9-10-20-18(23)16-7-8-17(19(24)25)22(16)12-14-5-3-2-4-6-14/h2-6,11,16-17H,7-10,12H2,1H3,(H,20,23)(H,24,25). The fourth-order valence-electron chi connectivity index (χ4n) is 3.39. The Labute approximate surface area is 152 Å². The van der Waals surface area contributed by atoms with Crippen molar-refractivity contribution < 1.29 is 19.2 Å². The zero-order chi connectivity index (χ0) is 18.5. The molecule has 1 amide bonds. The molecule has 1 aromatic carbocycles. The van der Waals surface area contributed by atoms with Crippen molar-refractivity contribution in [3.05, 3.63) is 53.4 Å². The Morgan fingerprint density at radius 1 is 1.27 bits per heavy atom. The molecule has 2 unspecified atom stereocenters. The van der Waals surface area contributed by atoms with Crippen molar-refractivity contribution in [3.8, 4) is 0 Å². The number of carbonyl (C=O) groups excluding carboxylic acids is 1. The van der Waals surface area contributed by atoms with Crippen molar-refractivity contribution in [3.63, 3.8) is 0 Å². The minimum atomic E-state index is -0.881. The quantitative estimate of drug-likeness (QED) is 0.784. The number of carboxylic acid groups (broad SMARTS) is 1. The van der Waals surface area contributed by atoms with Gasteiger partial charge < -0.3 is 14.9 Å². The number of aryl methyl sites for hydroxylation is 1. The zero-order valence-corrected chi connectivity index (χ0v) is 14.7. The number of likely N-dealkylation sites (tertiary alicyclic amines) is 1. The minimum Gasteiger partial charge on any atom is -0.480 e. The van der Waals surface area contributed by atoms with Crippen molar-refractivity contribution in [1.29, 1.82) is 0 Å². The van der Waals surface area contributed by atoms with E-state index in [0.29, 0.717) is 32.4 Å². The maximum absolute atomic E-state index is 12.6. The average Bonchev–Trinajstić information content (AvgIpc) is 3.22. The van der Waals surface area contributed by atoms with Crippen LogP contribution in [0.3, 0.4) is 0 Å². The van der Waals surface area contributed by atoms with E-state index in [-0.39, 0.29) is 5.91 Å². The first-order valence-corrected chi connectivity index (χ1v) is 8.77. The molecule has 0 saturated carbocycles. The molecule has 138 valence electrons. The van der Waals surface area contributed by atoms with E-state index in [2.05, 4.69) is 10.5 Å². The largest absolute Gasteiger partial charge is 0.480 e. The van der Waals surface area contributed by atoms with Crippen LogP contribution in [0.4, 0.5) is 0 Å². The predicted molar refractivity (Wildman–Crippen MR) is 94.4 cm³/mol. The van der Waals surface area contributed by atoms with Crippen molar-refractivity contribution in [1.82, 2.24) is 15.4 Å². The SMILES string of the molecule is Cc1cc(CCNC(=O)C2CCC(C(=O)O)N2Cc2ccccc2)on1. The van der Waals surface area contributed by atoms with E-state index in [9.17, 15) is 14.7 Å².